The van der Waals surface area contributed by atoms with Crippen molar-refractivity contribution in [3.8, 4) is 0 Å². The monoisotopic (exact) mass is 395 g/mol. The summed E-state index contributed by atoms with van der Waals surface area (Å²) in [7, 11) is 0. The van der Waals surface area contributed by atoms with Gasteiger partial charge >= 0.3 is 6.18 Å². The van der Waals surface area contributed by atoms with Crippen LogP contribution in [0.1, 0.15) is 42.4 Å². The minimum absolute atomic E-state index is 0.000228. The molecule has 0 aromatic carbocycles. The van der Waals surface area contributed by atoms with Gasteiger partial charge in [0, 0.05) is 30.5 Å². The number of hydrogen-bond donors (Lipinski definition) is 1. The second-order valence-electron chi connectivity index (χ2n) is 6.40. The van der Waals surface area contributed by atoms with E-state index in [4.69, 9.17) is 0 Å². The Bertz CT molecular complexity index is 963. The zero-order valence-corrected chi connectivity index (χ0v) is 15.0. The molecular weight excluding hydrogens is 379 g/mol. The van der Waals surface area contributed by atoms with E-state index in [1.165, 1.54) is 17.4 Å². The Morgan fingerprint density at radius 3 is 2.74 bits per heavy atom. The summed E-state index contributed by atoms with van der Waals surface area (Å²) in [6.07, 6.45) is 0.515. The summed E-state index contributed by atoms with van der Waals surface area (Å²) in [4.78, 5) is 24.5. The Morgan fingerprint density at radius 2 is 2.11 bits per heavy atom. The molecule has 1 saturated carbocycles. The highest BCUT2D eigenvalue weighted by Crippen LogP contribution is 2.37. The molecule has 3 aromatic heterocycles. The first-order chi connectivity index (χ1) is 12.9. The number of fused-ring (bicyclic) bond motifs is 1. The molecule has 1 N–H and O–H groups in total. The highest BCUT2D eigenvalue weighted by atomic mass is 32.1. The van der Waals surface area contributed by atoms with Crippen molar-refractivity contribution in [3.63, 3.8) is 0 Å². The van der Waals surface area contributed by atoms with Crippen molar-refractivity contribution >= 4 is 34.4 Å². The Labute approximate surface area is 156 Å². The maximum Gasteiger partial charge on any atom is 0.433 e. The molecule has 3 aromatic rings. The van der Waals surface area contributed by atoms with Gasteiger partial charge in [-0.1, -0.05) is 0 Å². The second kappa shape index (κ2) is 6.91. The number of aromatic nitrogens is 4. The smallest absolute Gasteiger partial charge is 0.296 e. The van der Waals surface area contributed by atoms with Crippen LogP contribution < -0.4 is 5.32 Å². The molecule has 0 saturated heterocycles. The zero-order chi connectivity index (χ0) is 19.0. The fourth-order valence-corrected chi connectivity index (χ4v) is 3.62. The van der Waals surface area contributed by atoms with E-state index in [2.05, 4.69) is 20.3 Å². The van der Waals surface area contributed by atoms with Gasteiger partial charge in [-0.15, -0.1) is 11.3 Å². The number of anilines is 1. The van der Waals surface area contributed by atoms with E-state index in [0.717, 1.165) is 30.3 Å². The zero-order valence-electron chi connectivity index (χ0n) is 14.2. The van der Waals surface area contributed by atoms with Gasteiger partial charge in [0.25, 0.3) is 0 Å². The number of nitrogens with zero attached hydrogens (tertiary/aromatic N) is 4. The van der Waals surface area contributed by atoms with Crippen molar-refractivity contribution in [2.45, 2.75) is 44.3 Å². The van der Waals surface area contributed by atoms with Crippen LogP contribution in [0, 0.1) is 0 Å². The first kappa shape index (κ1) is 17.9. The summed E-state index contributed by atoms with van der Waals surface area (Å²) in [5.74, 6) is 0.00258. The number of carbonyl (C=O) groups excluding carboxylic acids is 1. The van der Waals surface area contributed by atoms with Gasteiger partial charge in [-0.25, -0.2) is 15.0 Å². The molecule has 4 rings (SSSR count). The number of pyridine rings is 1. The summed E-state index contributed by atoms with van der Waals surface area (Å²) < 4.78 is 40.7. The number of hydrogen-bond acceptors (Lipinski definition) is 5. The fourth-order valence-electron chi connectivity index (χ4n) is 2.99. The molecule has 0 aliphatic heterocycles. The molecule has 27 heavy (non-hydrogen) atoms. The lowest BCUT2D eigenvalue weighted by molar-refractivity contribution is -0.141. The van der Waals surface area contributed by atoms with E-state index < -0.39 is 11.9 Å². The maximum absolute atomic E-state index is 13.0. The van der Waals surface area contributed by atoms with E-state index in [9.17, 15) is 18.0 Å². The van der Waals surface area contributed by atoms with Crippen molar-refractivity contribution in [1.29, 1.82) is 0 Å². The van der Waals surface area contributed by atoms with E-state index >= 15 is 0 Å². The van der Waals surface area contributed by atoms with Gasteiger partial charge in [0.2, 0.25) is 11.9 Å². The Kier molecular flexibility index (Phi) is 4.58. The standard InChI is InChI=1S/C17H16F3N5OS/c18-17(19,20)12-5-4-11-15(23-12)25(10-2-1-3-10)16(22-11)24-13(26)6-7-14-21-8-9-27-14/h4-5,8-10H,1-3,6-7H2,(H,22,24,26). The molecule has 0 bridgehead atoms. The van der Waals surface area contributed by atoms with Crippen molar-refractivity contribution < 1.29 is 18.0 Å². The first-order valence-corrected chi connectivity index (χ1v) is 9.44. The lowest BCUT2D eigenvalue weighted by Gasteiger charge is -2.28. The molecule has 0 radical (unpaired) electrons. The third-order valence-corrected chi connectivity index (χ3v) is 5.41. The van der Waals surface area contributed by atoms with Crippen molar-refractivity contribution in [3.05, 3.63) is 34.4 Å². The number of carbonyl (C=O) groups is 1. The van der Waals surface area contributed by atoms with E-state index in [1.54, 1.807) is 10.8 Å². The highest BCUT2D eigenvalue weighted by molar-refractivity contribution is 7.09. The predicted molar refractivity (Wildman–Crippen MR) is 94.5 cm³/mol. The van der Waals surface area contributed by atoms with Crippen LogP contribution in [0.3, 0.4) is 0 Å². The number of imidazole rings is 1. The van der Waals surface area contributed by atoms with E-state index in [1.807, 2.05) is 5.38 Å². The largest absolute Gasteiger partial charge is 0.433 e. The molecule has 6 nitrogen and oxygen atoms in total. The number of thiazole rings is 1. The summed E-state index contributed by atoms with van der Waals surface area (Å²) in [6, 6.07) is 2.21. The van der Waals surface area contributed by atoms with Crippen LogP contribution in [-0.4, -0.2) is 25.4 Å². The van der Waals surface area contributed by atoms with Crippen molar-refractivity contribution in [2.24, 2.45) is 0 Å². The minimum atomic E-state index is -4.53. The summed E-state index contributed by atoms with van der Waals surface area (Å²) >= 11 is 1.47. The van der Waals surface area contributed by atoms with Crippen LogP contribution in [-0.2, 0) is 17.4 Å². The molecule has 10 heteroatoms. The predicted octanol–water partition coefficient (Wildman–Crippen LogP) is 4.20. The van der Waals surface area contributed by atoms with E-state index in [-0.39, 0.29) is 30.0 Å². The van der Waals surface area contributed by atoms with Crippen LogP contribution in [0.15, 0.2) is 23.7 Å². The van der Waals surface area contributed by atoms with Gasteiger partial charge in [0.1, 0.15) is 11.2 Å². The number of aryl methyl sites for hydroxylation is 1. The van der Waals surface area contributed by atoms with Gasteiger partial charge in [-0.2, -0.15) is 13.2 Å². The van der Waals surface area contributed by atoms with Crippen LogP contribution >= 0.6 is 11.3 Å². The molecule has 3 heterocycles. The number of nitrogens with one attached hydrogen (secondary N) is 1. The topological polar surface area (TPSA) is 72.7 Å². The average Bonchev–Trinajstić information content (AvgIpc) is 3.19. The Balaban J connectivity index is 1.62. The van der Waals surface area contributed by atoms with Crippen molar-refractivity contribution in [1.82, 2.24) is 19.5 Å². The Morgan fingerprint density at radius 1 is 1.30 bits per heavy atom. The summed E-state index contributed by atoms with van der Waals surface area (Å²) in [6.45, 7) is 0. The number of rotatable bonds is 5. The molecule has 1 amide bonds. The van der Waals surface area contributed by atoms with E-state index in [0.29, 0.717) is 11.9 Å². The van der Waals surface area contributed by atoms with Crippen LogP contribution in [0.4, 0.5) is 19.1 Å². The number of alkyl halides is 3. The third-order valence-electron chi connectivity index (χ3n) is 4.57. The van der Waals surface area contributed by atoms with Gasteiger partial charge in [0.05, 0.1) is 5.01 Å². The van der Waals surface area contributed by atoms with Gasteiger partial charge in [-0.3, -0.25) is 14.7 Å². The normalized spacial score (nSPS) is 15.1. The van der Waals surface area contributed by atoms with Gasteiger partial charge in [0.15, 0.2) is 5.65 Å². The molecule has 1 aliphatic rings. The number of amides is 1. The molecule has 0 spiro atoms. The fraction of sp³-hybridized carbons (Fsp3) is 0.412. The van der Waals surface area contributed by atoms with Gasteiger partial charge < -0.3 is 0 Å². The quantitative estimate of drug-likeness (QED) is 0.703. The first-order valence-electron chi connectivity index (χ1n) is 8.56. The lowest BCUT2D eigenvalue weighted by atomic mass is 9.93. The van der Waals surface area contributed by atoms with Gasteiger partial charge in [-0.05, 0) is 31.4 Å². The van der Waals surface area contributed by atoms with Crippen LogP contribution in [0.2, 0.25) is 0 Å². The summed E-state index contributed by atoms with van der Waals surface area (Å²) in [5.41, 5.74) is -0.466. The SMILES string of the molecule is O=C(CCc1nccs1)Nc1nc2ccc(C(F)(F)F)nc2n1C1CCC1. The van der Waals surface area contributed by atoms with Crippen molar-refractivity contribution in [2.75, 3.05) is 5.32 Å². The lowest BCUT2D eigenvalue weighted by Crippen LogP contribution is -2.22. The molecule has 1 fully saturated rings. The molecule has 0 unspecified atom stereocenters. The summed E-state index contributed by atoms with van der Waals surface area (Å²) in [5, 5.41) is 5.43. The molecule has 0 atom stereocenters. The molecule has 142 valence electrons. The average molecular weight is 395 g/mol. The third kappa shape index (κ3) is 3.66. The maximum atomic E-state index is 13.0. The Hall–Kier alpha value is -2.49. The minimum Gasteiger partial charge on any atom is -0.296 e. The number of halogens is 3. The van der Waals surface area contributed by atoms with Crippen LogP contribution in [0.5, 0.6) is 0 Å². The second-order valence-corrected chi connectivity index (χ2v) is 7.38. The van der Waals surface area contributed by atoms with Crippen LogP contribution in [0.25, 0.3) is 11.2 Å². The molecule has 1 aliphatic carbocycles. The highest BCUT2D eigenvalue weighted by Gasteiger charge is 2.34. The molecular formula is C17H16F3N5OS.